The minimum Gasteiger partial charge on any atom is -0.493 e. The van der Waals surface area contributed by atoms with E-state index in [1.807, 2.05) is 6.92 Å². The van der Waals surface area contributed by atoms with Crippen LogP contribution in [-0.4, -0.2) is 30.5 Å². The van der Waals surface area contributed by atoms with E-state index in [2.05, 4.69) is 15.8 Å². The van der Waals surface area contributed by atoms with Crippen molar-refractivity contribution in [3.8, 4) is 22.8 Å². The number of oxazole rings is 1. The van der Waals surface area contributed by atoms with E-state index in [1.54, 1.807) is 6.07 Å². The fourth-order valence-corrected chi connectivity index (χ4v) is 2.80. The van der Waals surface area contributed by atoms with E-state index in [0.29, 0.717) is 18.1 Å². The number of methoxy groups -OCH3 is 1. The monoisotopic (exact) mass is 445 g/mol. The Labute approximate surface area is 182 Å². The van der Waals surface area contributed by atoms with Gasteiger partial charge in [0.1, 0.15) is 11.6 Å². The highest BCUT2D eigenvalue weighted by Crippen LogP contribution is 2.28. The highest BCUT2D eigenvalue weighted by Gasteiger charge is 2.14. The average Bonchev–Trinajstić information content (AvgIpc) is 3.25. The summed E-state index contributed by atoms with van der Waals surface area (Å²) in [7, 11) is 1.46. The van der Waals surface area contributed by atoms with Crippen molar-refractivity contribution >= 4 is 11.8 Å². The Morgan fingerprint density at radius 2 is 1.91 bits per heavy atom. The van der Waals surface area contributed by atoms with Gasteiger partial charge >= 0.3 is 0 Å². The molecule has 0 fully saturated rings. The molecule has 0 aliphatic carbocycles. The Kier molecular flexibility index (Phi) is 7.37. The summed E-state index contributed by atoms with van der Waals surface area (Å²) in [5.74, 6) is -1.29. The minimum absolute atomic E-state index is 0.0429. The molecule has 1 aromatic heterocycles. The first-order chi connectivity index (χ1) is 15.4. The molecule has 3 aromatic rings. The third kappa shape index (κ3) is 5.60. The van der Waals surface area contributed by atoms with Gasteiger partial charge in [0.15, 0.2) is 23.1 Å². The molecule has 0 saturated carbocycles. The number of rotatable bonds is 8. The van der Waals surface area contributed by atoms with Gasteiger partial charge in [0.2, 0.25) is 5.91 Å². The number of benzene rings is 2. The number of aryl methyl sites for hydroxylation is 1. The van der Waals surface area contributed by atoms with Crippen LogP contribution >= 0.6 is 0 Å². The van der Waals surface area contributed by atoms with Gasteiger partial charge in [0.25, 0.3) is 5.91 Å². The van der Waals surface area contributed by atoms with Crippen LogP contribution in [0.25, 0.3) is 11.3 Å². The van der Waals surface area contributed by atoms with E-state index in [9.17, 15) is 18.4 Å². The summed E-state index contributed by atoms with van der Waals surface area (Å²) in [5.41, 5.74) is 4.94. The number of nitrogens with zero attached hydrogens (tertiary/aromatic N) is 1. The Morgan fingerprint density at radius 1 is 1.09 bits per heavy atom. The first-order valence-corrected chi connectivity index (χ1v) is 9.71. The van der Waals surface area contributed by atoms with Gasteiger partial charge in [0.05, 0.1) is 25.5 Å². The molecule has 10 heteroatoms. The van der Waals surface area contributed by atoms with Gasteiger partial charge in [-0.15, -0.1) is 0 Å². The molecule has 0 saturated heterocycles. The van der Waals surface area contributed by atoms with E-state index in [-0.39, 0.29) is 35.6 Å². The molecule has 2 N–H and O–H groups in total. The van der Waals surface area contributed by atoms with Gasteiger partial charge in [0, 0.05) is 24.5 Å². The third-order valence-corrected chi connectivity index (χ3v) is 4.36. The lowest BCUT2D eigenvalue weighted by atomic mass is 10.2. The van der Waals surface area contributed by atoms with Crippen molar-refractivity contribution < 1.29 is 32.3 Å². The van der Waals surface area contributed by atoms with Crippen molar-refractivity contribution in [3.05, 3.63) is 65.7 Å². The average molecular weight is 445 g/mol. The van der Waals surface area contributed by atoms with Crippen LogP contribution < -0.4 is 20.3 Å². The van der Waals surface area contributed by atoms with Crippen molar-refractivity contribution in [2.75, 3.05) is 13.7 Å². The zero-order chi connectivity index (χ0) is 23.1. The van der Waals surface area contributed by atoms with Crippen LogP contribution in [0.3, 0.4) is 0 Å². The quantitative estimate of drug-likeness (QED) is 0.515. The summed E-state index contributed by atoms with van der Waals surface area (Å²) < 4.78 is 42.9. The highest BCUT2D eigenvalue weighted by atomic mass is 19.1. The molecule has 32 heavy (non-hydrogen) atoms. The number of carbonyl (C=O) groups is 2. The maximum absolute atomic E-state index is 13.8. The second-order valence-electron chi connectivity index (χ2n) is 6.54. The second kappa shape index (κ2) is 10.4. The predicted molar refractivity (Wildman–Crippen MR) is 110 cm³/mol. The summed E-state index contributed by atoms with van der Waals surface area (Å²) in [4.78, 5) is 28.3. The number of amides is 2. The zero-order valence-corrected chi connectivity index (χ0v) is 17.4. The number of carbonyl (C=O) groups excluding carboxylic acids is 2. The fraction of sp³-hybridized carbons (Fsp3) is 0.227. The van der Waals surface area contributed by atoms with Gasteiger partial charge in [-0.1, -0.05) is 0 Å². The van der Waals surface area contributed by atoms with Crippen molar-refractivity contribution in [2.24, 2.45) is 0 Å². The smallest absolute Gasteiger partial charge is 0.269 e. The van der Waals surface area contributed by atoms with Crippen LogP contribution in [-0.2, 0) is 11.2 Å². The Morgan fingerprint density at radius 3 is 2.62 bits per heavy atom. The van der Waals surface area contributed by atoms with Crippen molar-refractivity contribution in [3.63, 3.8) is 0 Å². The third-order valence-electron chi connectivity index (χ3n) is 4.36. The van der Waals surface area contributed by atoms with E-state index in [4.69, 9.17) is 13.9 Å². The molecule has 2 amide bonds. The molecule has 0 spiro atoms. The summed E-state index contributed by atoms with van der Waals surface area (Å²) >= 11 is 0. The van der Waals surface area contributed by atoms with Crippen molar-refractivity contribution in [1.29, 1.82) is 0 Å². The lowest BCUT2D eigenvalue weighted by Gasteiger charge is -2.11. The van der Waals surface area contributed by atoms with Gasteiger partial charge in [-0.3, -0.25) is 20.4 Å². The van der Waals surface area contributed by atoms with Gasteiger partial charge in [-0.05, 0) is 37.3 Å². The molecule has 0 bridgehead atoms. The van der Waals surface area contributed by atoms with E-state index >= 15 is 0 Å². The van der Waals surface area contributed by atoms with Gasteiger partial charge < -0.3 is 13.9 Å². The van der Waals surface area contributed by atoms with Crippen LogP contribution in [0.15, 0.2) is 47.0 Å². The van der Waals surface area contributed by atoms with Crippen LogP contribution in [0.1, 0.15) is 29.6 Å². The highest BCUT2D eigenvalue weighted by molar-refractivity contribution is 5.96. The molecule has 0 radical (unpaired) electrons. The van der Waals surface area contributed by atoms with E-state index < -0.39 is 23.4 Å². The van der Waals surface area contributed by atoms with Crippen molar-refractivity contribution in [2.45, 2.75) is 19.8 Å². The lowest BCUT2D eigenvalue weighted by molar-refractivity contribution is -0.121. The number of hydrogen-bond donors (Lipinski definition) is 2. The molecule has 168 valence electrons. The SMILES string of the molecule is CCOc1ccc(C(=O)NNC(=O)CCc2ncc(-c3ccc(F)cc3F)o2)cc1OC. The molecule has 0 atom stereocenters. The first-order valence-electron chi connectivity index (χ1n) is 9.71. The standard InChI is InChI=1S/C22H21F2N3O5/c1-3-31-17-7-4-13(10-18(17)30-2)22(29)27-26-20(28)8-9-21-25-12-19(32-21)15-6-5-14(23)11-16(15)24/h4-7,10-12H,3,8-9H2,1-2H3,(H,26,28)(H,27,29). The first kappa shape index (κ1) is 22.7. The summed E-state index contributed by atoms with van der Waals surface area (Å²) in [5, 5.41) is 0. The summed E-state index contributed by atoms with van der Waals surface area (Å²) in [6, 6.07) is 7.73. The van der Waals surface area contributed by atoms with Crippen LogP contribution in [0.5, 0.6) is 11.5 Å². The molecule has 3 rings (SSSR count). The predicted octanol–water partition coefficient (Wildman–Crippen LogP) is 3.42. The minimum atomic E-state index is -0.779. The Hall–Kier alpha value is -3.95. The van der Waals surface area contributed by atoms with Gasteiger partial charge in [-0.2, -0.15) is 0 Å². The van der Waals surface area contributed by atoms with Crippen LogP contribution in [0.4, 0.5) is 8.78 Å². The molecule has 0 unspecified atom stereocenters. The Bertz CT molecular complexity index is 1120. The number of hydrogen-bond acceptors (Lipinski definition) is 6. The second-order valence-corrected chi connectivity index (χ2v) is 6.54. The lowest BCUT2D eigenvalue weighted by Crippen LogP contribution is -2.41. The largest absolute Gasteiger partial charge is 0.493 e. The molecule has 8 nitrogen and oxygen atoms in total. The molecule has 1 heterocycles. The number of aromatic nitrogens is 1. The molecule has 2 aromatic carbocycles. The van der Waals surface area contributed by atoms with E-state index in [0.717, 1.165) is 12.1 Å². The number of halogens is 2. The zero-order valence-electron chi connectivity index (χ0n) is 17.4. The van der Waals surface area contributed by atoms with Crippen LogP contribution in [0.2, 0.25) is 0 Å². The van der Waals surface area contributed by atoms with Crippen molar-refractivity contribution in [1.82, 2.24) is 15.8 Å². The molecular formula is C22H21F2N3O5. The van der Waals surface area contributed by atoms with Gasteiger partial charge in [-0.25, -0.2) is 13.8 Å². The summed E-state index contributed by atoms with van der Waals surface area (Å²) in [6.07, 6.45) is 1.37. The maximum atomic E-state index is 13.8. The molecular weight excluding hydrogens is 424 g/mol. The fourth-order valence-electron chi connectivity index (χ4n) is 2.80. The summed E-state index contributed by atoms with van der Waals surface area (Å²) in [6.45, 7) is 2.28. The number of ether oxygens (including phenoxy) is 2. The molecule has 0 aliphatic heterocycles. The number of hydrazine groups is 1. The molecule has 0 aliphatic rings. The van der Waals surface area contributed by atoms with E-state index in [1.165, 1.54) is 31.5 Å². The number of nitrogens with one attached hydrogen (secondary N) is 2. The van der Waals surface area contributed by atoms with Crippen LogP contribution in [0, 0.1) is 11.6 Å². The maximum Gasteiger partial charge on any atom is 0.269 e. The topological polar surface area (TPSA) is 103 Å². The Balaban J connectivity index is 1.51. The normalized spacial score (nSPS) is 10.5.